The van der Waals surface area contributed by atoms with Gasteiger partial charge in [0.2, 0.25) is 0 Å². The number of phenols is 1. The van der Waals surface area contributed by atoms with E-state index in [4.69, 9.17) is 0 Å². The van der Waals surface area contributed by atoms with Crippen LogP contribution in [-0.4, -0.2) is 14.7 Å². The fourth-order valence-corrected chi connectivity index (χ4v) is 4.98. The molecule has 1 aliphatic heterocycles. The number of hydrogen-bond acceptors (Lipinski definition) is 4. The van der Waals surface area contributed by atoms with Crippen LogP contribution in [0.3, 0.4) is 0 Å². The first-order valence-electron chi connectivity index (χ1n) is 9.13. The Morgan fingerprint density at radius 1 is 1.11 bits per heavy atom. The SMILES string of the molecule is Cc1sc2c(c1C)c(=O)nc1n2Cc2ccccc2/C1=C\c1ccccc1O. The monoisotopic (exact) mass is 386 g/mol. The van der Waals surface area contributed by atoms with Gasteiger partial charge in [0, 0.05) is 16.0 Å². The molecule has 0 bridgehead atoms. The maximum atomic E-state index is 12.9. The Labute approximate surface area is 166 Å². The van der Waals surface area contributed by atoms with Gasteiger partial charge in [-0.05, 0) is 42.7 Å². The minimum absolute atomic E-state index is 0.189. The van der Waals surface area contributed by atoms with E-state index in [2.05, 4.69) is 15.6 Å². The minimum atomic E-state index is -0.189. The van der Waals surface area contributed by atoms with Crippen LogP contribution in [0, 0.1) is 13.8 Å². The highest BCUT2D eigenvalue weighted by molar-refractivity contribution is 7.18. The molecule has 4 aromatic rings. The van der Waals surface area contributed by atoms with Crippen molar-refractivity contribution >= 4 is 33.2 Å². The summed E-state index contributed by atoms with van der Waals surface area (Å²) in [5.41, 5.74) is 4.59. The van der Waals surface area contributed by atoms with E-state index in [0.717, 1.165) is 26.4 Å². The third-order valence-corrected chi connectivity index (χ3v) is 6.63. The molecule has 5 heteroatoms. The van der Waals surface area contributed by atoms with Crippen LogP contribution >= 0.6 is 11.3 Å². The van der Waals surface area contributed by atoms with Gasteiger partial charge in [-0.1, -0.05) is 42.5 Å². The van der Waals surface area contributed by atoms with E-state index >= 15 is 0 Å². The Morgan fingerprint density at radius 2 is 1.86 bits per heavy atom. The summed E-state index contributed by atoms with van der Waals surface area (Å²) in [6.45, 7) is 4.70. The smallest absolute Gasteiger partial charge is 0.282 e. The number of hydrogen-bond donors (Lipinski definition) is 1. The second-order valence-electron chi connectivity index (χ2n) is 7.06. The Hall–Kier alpha value is -3.18. The number of phenolic OH excluding ortho intramolecular Hbond substituents is 1. The number of thiophene rings is 1. The molecule has 4 nitrogen and oxygen atoms in total. The van der Waals surface area contributed by atoms with Crippen molar-refractivity contribution in [3.63, 3.8) is 0 Å². The number of aryl methyl sites for hydroxylation is 2. The molecule has 3 heterocycles. The van der Waals surface area contributed by atoms with Gasteiger partial charge in [0.25, 0.3) is 5.56 Å². The van der Waals surface area contributed by atoms with Crippen LogP contribution in [0.2, 0.25) is 0 Å². The molecular formula is C23H18N2O2S. The number of rotatable bonds is 1. The first-order chi connectivity index (χ1) is 13.5. The summed E-state index contributed by atoms with van der Waals surface area (Å²) in [5.74, 6) is 0.858. The highest BCUT2D eigenvalue weighted by atomic mass is 32.1. The summed E-state index contributed by atoms with van der Waals surface area (Å²) in [6, 6.07) is 15.4. The van der Waals surface area contributed by atoms with Crippen molar-refractivity contribution in [3.8, 4) is 5.75 Å². The molecule has 0 atom stereocenters. The van der Waals surface area contributed by atoms with E-state index in [1.165, 1.54) is 5.56 Å². The Balaban J connectivity index is 1.88. The van der Waals surface area contributed by atoms with Crippen molar-refractivity contribution < 1.29 is 5.11 Å². The Bertz CT molecular complexity index is 1340. The largest absolute Gasteiger partial charge is 0.507 e. The third-order valence-electron chi connectivity index (χ3n) is 5.40. The van der Waals surface area contributed by atoms with Crippen LogP contribution in [0.25, 0.3) is 21.9 Å². The predicted molar refractivity (Wildman–Crippen MR) is 114 cm³/mol. The Morgan fingerprint density at radius 3 is 2.68 bits per heavy atom. The molecule has 28 heavy (non-hydrogen) atoms. The second kappa shape index (κ2) is 6.17. The van der Waals surface area contributed by atoms with E-state index in [-0.39, 0.29) is 11.3 Å². The number of fused-ring (bicyclic) bond motifs is 4. The maximum absolute atomic E-state index is 12.9. The van der Waals surface area contributed by atoms with Crippen molar-refractivity contribution in [1.82, 2.24) is 9.55 Å². The van der Waals surface area contributed by atoms with Crippen LogP contribution in [0.15, 0.2) is 53.3 Å². The van der Waals surface area contributed by atoms with Gasteiger partial charge in [-0.3, -0.25) is 4.79 Å². The van der Waals surface area contributed by atoms with Crippen LogP contribution < -0.4 is 5.56 Å². The first kappa shape index (κ1) is 17.0. The molecule has 0 spiro atoms. The fraction of sp³-hybridized carbons (Fsp3) is 0.130. The predicted octanol–water partition coefficient (Wildman–Crippen LogP) is 4.73. The molecule has 2 aromatic heterocycles. The number of nitrogens with zero attached hydrogens (tertiary/aromatic N) is 2. The highest BCUT2D eigenvalue weighted by Gasteiger charge is 2.25. The lowest BCUT2D eigenvalue weighted by Crippen LogP contribution is -2.22. The molecule has 5 rings (SSSR count). The third kappa shape index (κ3) is 2.43. The van der Waals surface area contributed by atoms with Gasteiger partial charge in [0.05, 0.1) is 11.9 Å². The molecule has 138 valence electrons. The molecule has 2 aromatic carbocycles. The van der Waals surface area contributed by atoms with E-state index in [1.54, 1.807) is 23.5 Å². The summed E-state index contributed by atoms with van der Waals surface area (Å²) in [5, 5.41) is 11.0. The lowest BCUT2D eigenvalue weighted by atomic mass is 9.93. The molecule has 1 N–H and O–H groups in total. The normalized spacial score (nSPS) is 14.3. The molecule has 0 unspecified atom stereocenters. The van der Waals surface area contributed by atoms with E-state index in [0.29, 0.717) is 23.3 Å². The van der Waals surface area contributed by atoms with Gasteiger partial charge < -0.3 is 9.67 Å². The van der Waals surface area contributed by atoms with Gasteiger partial charge in [-0.25, -0.2) is 0 Å². The average Bonchev–Trinajstić information content (AvgIpc) is 2.99. The van der Waals surface area contributed by atoms with E-state index in [1.807, 2.05) is 50.3 Å². The van der Waals surface area contributed by atoms with Gasteiger partial charge in [-0.2, -0.15) is 4.98 Å². The number of para-hydroxylation sites is 1. The first-order valence-corrected chi connectivity index (χ1v) is 9.95. The highest BCUT2D eigenvalue weighted by Crippen LogP contribution is 2.37. The summed E-state index contributed by atoms with van der Waals surface area (Å²) >= 11 is 1.64. The second-order valence-corrected chi connectivity index (χ2v) is 8.27. The lowest BCUT2D eigenvalue weighted by molar-refractivity contribution is 0.474. The van der Waals surface area contributed by atoms with Gasteiger partial charge in [0.1, 0.15) is 16.4 Å². The summed E-state index contributed by atoms with van der Waals surface area (Å²) in [4.78, 5) is 19.5. The van der Waals surface area contributed by atoms with Crippen molar-refractivity contribution in [2.45, 2.75) is 20.4 Å². The molecule has 0 saturated carbocycles. The molecule has 0 fully saturated rings. The quantitative estimate of drug-likeness (QED) is 0.453. The van der Waals surface area contributed by atoms with Gasteiger partial charge in [0.15, 0.2) is 0 Å². The fourth-order valence-electron chi connectivity index (χ4n) is 3.83. The molecule has 1 aliphatic rings. The number of benzene rings is 2. The zero-order valence-corrected chi connectivity index (χ0v) is 16.4. The van der Waals surface area contributed by atoms with Crippen LogP contribution in [-0.2, 0) is 6.54 Å². The molecule has 0 saturated heterocycles. The number of aromatic nitrogens is 2. The molecule has 0 radical (unpaired) electrons. The summed E-state index contributed by atoms with van der Waals surface area (Å²) in [6.07, 6.45) is 1.92. The Kier molecular flexibility index (Phi) is 3.74. The topological polar surface area (TPSA) is 55.1 Å². The van der Waals surface area contributed by atoms with E-state index in [9.17, 15) is 9.90 Å². The lowest BCUT2D eigenvalue weighted by Gasteiger charge is -2.24. The van der Waals surface area contributed by atoms with Gasteiger partial charge >= 0.3 is 0 Å². The van der Waals surface area contributed by atoms with Crippen LogP contribution in [0.1, 0.15) is 33.0 Å². The van der Waals surface area contributed by atoms with Crippen LogP contribution in [0.4, 0.5) is 0 Å². The molecule has 0 amide bonds. The van der Waals surface area contributed by atoms with E-state index < -0.39 is 0 Å². The number of aromatic hydroxyl groups is 1. The molecule has 0 aliphatic carbocycles. The zero-order chi connectivity index (χ0) is 19.4. The zero-order valence-electron chi connectivity index (χ0n) is 15.6. The van der Waals surface area contributed by atoms with Crippen molar-refractivity contribution in [1.29, 1.82) is 0 Å². The maximum Gasteiger partial charge on any atom is 0.282 e. The van der Waals surface area contributed by atoms with Crippen molar-refractivity contribution in [3.05, 3.63) is 91.8 Å². The van der Waals surface area contributed by atoms with Crippen molar-refractivity contribution in [2.75, 3.05) is 0 Å². The molecular weight excluding hydrogens is 368 g/mol. The minimum Gasteiger partial charge on any atom is -0.507 e. The summed E-state index contributed by atoms with van der Waals surface area (Å²) < 4.78 is 2.13. The van der Waals surface area contributed by atoms with Gasteiger partial charge in [-0.15, -0.1) is 11.3 Å². The summed E-state index contributed by atoms with van der Waals surface area (Å²) in [7, 11) is 0. The average molecular weight is 386 g/mol. The van der Waals surface area contributed by atoms with Crippen molar-refractivity contribution in [2.24, 2.45) is 0 Å². The van der Waals surface area contributed by atoms with Crippen LogP contribution in [0.5, 0.6) is 5.75 Å². The standard InChI is InChI=1S/C23H18N2O2S/c1-13-14(2)28-23-20(13)22(27)24-21-18(11-15-7-4-6-10-19(15)26)17-9-5-3-8-16(17)12-25(21)23/h3-11,26H,12H2,1-2H3/b18-11+.